The van der Waals surface area contributed by atoms with E-state index in [9.17, 15) is 5.11 Å². The summed E-state index contributed by atoms with van der Waals surface area (Å²) in [5.74, 6) is 1.78. The van der Waals surface area contributed by atoms with Crippen molar-refractivity contribution in [2.24, 2.45) is 17.8 Å². The van der Waals surface area contributed by atoms with Crippen molar-refractivity contribution in [3.05, 3.63) is 0 Å². The highest BCUT2D eigenvalue weighted by atomic mass is 16.5. The van der Waals surface area contributed by atoms with Crippen molar-refractivity contribution in [1.82, 2.24) is 0 Å². The van der Waals surface area contributed by atoms with Crippen LogP contribution < -0.4 is 0 Å². The Morgan fingerprint density at radius 1 is 1.55 bits per heavy atom. The first-order valence-electron chi connectivity index (χ1n) is 4.55. The maximum absolute atomic E-state index is 9.78. The second kappa shape index (κ2) is 2.76. The van der Waals surface area contributed by atoms with Crippen LogP contribution in [0.1, 0.15) is 19.8 Å². The fraction of sp³-hybridized carbons (Fsp3) is 1.00. The molecule has 0 bridgehead atoms. The van der Waals surface area contributed by atoms with E-state index >= 15 is 0 Å². The fourth-order valence-corrected chi connectivity index (χ4v) is 2.00. The van der Waals surface area contributed by atoms with Gasteiger partial charge in [-0.25, -0.2) is 0 Å². The van der Waals surface area contributed by atoms with Gasteiger partial charge in [0, 0.05) is 12.5 Å². The average Bonchev–Trinajstić information content (AvgIpc) is 2.56. The van der Waals surface area contributed by atoms with E-state index in [1.807, 2.05) is 0 Å². The second-order valence-corrected chi connectivity index (χ2v) is 3.99. The number of ether oxygens (including phenoxy) is 1. The lowest BCUT2D eigenvalue weighted by atomic mass is 9.97. The van der Waals surface area contributed by atoms with Crippen LogP contribution in [-0.2, 0) is 4.74 Å². The van der Waals surface area contributed by atoms with Gasteiger partial charge in [-0.3, -0.25) is 0 Å². The van der Waals surface area contributed by atoms with Crippen LogP contribution in [0.15, 0.2) is 0 Å². The highest BCUT2D eigenvalue weighted by Gasteiger charge is 2.42. The van der Waals surface area contributed by atoms with E-state index < -0.39 is 0 Å². The SMILES string of the molecule is CC1CC1C(O)C1CCOC1. The van der Waals surface area contributed by atoms with Gasteiger partial charge in [0.2, 0.25) is 0 Å². The maximum atomic E-state index is 9.78. The van der Waals surface area contributed by atoms with E-state index in [1.165, 1.54) is 6.42 Å². The van der Waals surface area contributed by atoms with Crippen LogP contribution in [0, 0.1) is 17.8 Å². The lowest BCUT2D eigenvalue weighted by Crippen LogP contribution is -2.23. The standard InChI is InChI=1S/C9H16O2/c1-6-4-8(6)9(10)7-2-3-11-5-7/h6-10H,2-5H2,1H3. The largest absolute Gasteiger partial charge is 0.392 e. The van der Waals surface area contributed by atoms with Gasteiger partial charge in [0.25, 0.3) is 0 Å². The Bertz CT molecular complexity index is 140. The van der Waals surface area contributed by atoms with Crippen molar-refractivity contribution in [2.45, 2.75) is 25.9 Å². The molecule has 2 rings (SSSR count). The molecule has 2 heteroatoms. The Kier molecular flexibility index (Phi) is 1.90. The molecule has 64 valence electrons. The van der Waals surface area contributed by atoms with Crippen molar-refractivity contribution in [3.8, 4) is 0 Å². The average molecular weight is 156 g/mol. The minimum absolute atomic E-state index is 0.0764. The molecule has 4 atom stereocenters. The molecule has 0 amide bonds. The summed E-state index contributed by atoms with van der Waals surface area (Å²) in [6, 6.07) is 0. The summed E-state index contributed by atoms with van der Waals surface area (Å²) >= 11 is 0. The lowest BCUT2D eigenvalue weighted by molar-refractivity contribution is 0.0708. The molecule has 1 aliphatic carbocycles. The number of aliphatic hydroxyl groups excluding tert-OH is 1. The molecular weight excluding hydrogens is 140 g/mol. The van der Waals surface area contributed by atoms with E-state index in [4.69, 9.17) is 4.74 Å². The van der Waals surface area contributed by atoms with Gasteiger partial charge in [-0.05, 0) is 24.7 Å². The molecule has 0 aromatic carbocycles. The van der Waals surface area contributed by atoms with Crippen LogP contribution in [0.25, 0.3) is 0 Å². The van der Waals surface area contributed by atoms with Crippen LogP contribution in [0.3, 0.4) is 0 Å². The molecule has 1 aliphatic heterocycles. The molecule has 1 heterocycles. The Morgan fingerprint density at radius 3 is 2.73 bits per heavy atom. The van der Waals surface area contributed by atoms with Gasteiger partial charge in [-0.15, -0.1) is 0 Å². The molecule has 0 spiro atoms. The van der Waals surface area contributed by atoms with E-state index in [-0.39, 0.29) is 6.10 Å². The van der Waals surface area contributed by atoms with Crippen LogP contribution in [0.5, 0.6) is 0 Å². The minimum atomic E-state index is -0.0764. The van der Waals surface area contributed by atoms with Crippen LogP contribution in [0.4, 0.5) is 0 Å². The minimum Gasteiger partial charge on any atom is -0.392 e. The van der Waals surface area contributed by atoms with Crippen LogP contribution in [0.2, 0.25) is 0 Å². The zero-order valence-corrected chi connectivity index (χ0v) is 6.99. The predicted octanol–water partition coefficient (Wildman–Crippen LogP) is 1.04. The van der Waals surface area contributed by atoms with Crippen molar-refractivity contribution >= 4 is 0 Å². The van der Waals surface area contributed by atoms with Gasteiger partial charge < -0.3 is 9.84 Å². The lowest BCUT2D eigenvalue weighted by Gasteiger charge is -2.15. The summed E-state index contributed by atoms with van der Waals surface area (Å²) < 4.78 is 5.23. The van der Waals surface area contributed by atoms with Crippen LogP contribution in [-0.4, -0.2) is 24.4 Å². The maximum Gasteiger partial charge on any atom is 0.0622 e. The van der Waals surface area contributed by atoms with Crippen LogP contribution >= 0.6 is 0 Å². The number of hydrogen-bond acceptors (Lipinski definition) is 2. The Balaban J connectivity index is 1.84. The quantitative estimate of drug-likeness (QED) is 0.647. The van der Waals surface area contributed by atoms with Crippen molar-refractivity contribution < 1.29 is 9.84 Å². The first kappa shape index (κ1) is 7.56. The molecule has 0 aromatic heterocycles. The molecule has 0 aromatic rings. The zero-order chi connectivity index (χ0) is 7.84. The normalized spacial score (nSPS) is 45.8. The van der Waals surface area contributed by atoms with Gasteiger partial charge in [0.1, 0.15) is 0 Å². The highest BCUT2D eigenvalue weighted by Crippen LogP contribution is 2.43. The molecule has 1 saturated carbocycles. The fourth-order valence-electron chi connectivity index (χ4n) is 2.00. The summed E-state index contributed by atoms with van der Waals surface area (Å²) in [5, 5.41) is 9.78. The van der Waals surface area contributed by atoms with Gasteiger partial charge in [0.15, 0.2) is 0 Å². The van der Waals surface area contributed by atoms with Gasteiger partial charge >= 0.3 is 0 Å². The second-order valence-electron chi connectivity index (χ2n) is 3.99. The monoisotopic (exact) mass is 156 g/mol. The van der Waals surface area contributed by atoms with Crippen molar-refractivity contribution in [2.75, 3.05) is 13.2 Å². The van der Waals surface area contributed by atoms with E-state index in [0.717, 1.165) is 25.6 Å². The van der Waals surface area contributed by atoms with Gasteiger partial charge in [-0.1, -0.05) is 6.92 Å². The molecule has 1 N–H and O–H groups in total. The molecule has 2 nitrogen and oxygen atoms in total. The molecule has 1 saturated heterocycles. The summed E-state index contributed by atoms with van der Waals surface area (Å²) in [7, 11) is 0. The molecule has 4 unspecified atom stereocenters. The third kappa shape index (κ3) is 1.42. The Morgan fingerprint density at radius 2 is 2.27 bits per heavy atom. The molecule has 11 heavy (non-hydrogen) atoms. The molecule has 2 fully saturated rings. The third-order valence-corrected chi connectivity index (χ3v) is 3.06. The summed E-state index contributed by atoms with van der Waals surface area (Å²) in [4.78, 5) is 0. The zero-order valence-electron chi connectivity index (χ0n) is 6.99. The predicted molar refractivity (Wildman–Crippen MR) is 42.2 cm³/mol. The van der Waals surface area contributed by atoms with E-state index in [0.29, 0.717) is 11.8 Å². The first-order valence-corrected chi connectivity index (χ1v) is 4.55. The molecular formula is C9H16O2. The smallest absolute Gasteiger partial charge is 0.0622 e. The number of hydrogen-bond donors (Lipinski definition) is 1. The topological polar surface area (TPSA) is 29.5 Å². The van der Waals surface area contributed by atoms with E-state index in [1.54, 1.807) is 0 Å². The molecule has 0 radical (unpaired) electrons. The third-order valence-electron chi connectivity index (χ3n) is 3.06. The van der Waals surface area contributed by atoms with Gasteiger partial charge in [-0.2, -0.15) is 0 Å². The number of rotatable bonds is 2. The molecule has 2 aliphatic rings. The van der Waals surface area contributed by atoms with Crippen molar-refractivity contribution in [1.29, 1.82) is 0 Å². The Hall–Kier alpha value is -0.0800. The van der Waals surface area contributed by atoms with Gasteiger partial charge in [0.05, 0.1) is 12.7 Å². The number of aliphatic hydroxyl groups is 1. The van der Waals surface area contributed by atoms with E-state index in [2.05, 4.69) is 6.92 Å². The Labute approximate surface area is 67.6 Å². The summed E-state index contributed by atoms with van der Waals surface area (Å²) in [6.07, 6.45) is 2.20. The summed E-state index contributed by atoms with van der Waals surface area (Å²) in [5.41, 5.74) is 0. The van der Waals surface area contributed by atoms with Crippen molar-refractivity contribution in [3.63, 3.8) is 0 Å². The summed E-state index contributed by atoms with van der Waals surface area (Å²) in [6.45, 7) is 3.84. The first-order chi connectivity index (χ1) is 5.29. The highest BCUT2D eigenvalue weighted by molar-refractivity contribution is 4.92.